The molecule has 1 amide bonds. The van der Waals surface area contributed by atoms with Crippen LogP contribution in [0.4, 0.5) is 5.69 Å². The maximum atomic E-state index is 12.0. The Labute approximate surface area is 118 Å². The quantitative estimate of drug-likeness (QED) is 0.922. The summed E-state index contributed by atoms with van der Waals surface area (Å²) < 4.78 is 6.00. The monoisotopic (exact) mass is 319 g/mol. The summed E-state index contributed by atoms with van der Waals surface area (Å²) in [5, 5.41) is 11.7. The van der Waals surface area contributed by atoms with E-state index in [-0.39, 0.29) is 5.76 Å². The largest absolute Gasteiger partial charge is 0.436 e. The molecule has 0 atom stereocenters. The molecular formula is C13H10BrN3O2. The second-order valence-corrected chi connectivity index (χ2v) is 4.82. The molecular weight excluding hydrogens is 310 g/mol. The third-order valence-corrected chi connectivity index (χ3v) is 2.95. The molecule has 0 unspecified atom stereocenters. The molecule has 0 saturated carbocycles. The number of aromatic nitrogens is 1. The predicted octanol–water partition coefficient (Wildman–Crippen LogP) is 3.18. The third kappa shape index (κ3) is 2.83. The normalized spacial score (nSPS) is 10.0. The van der Waals surface area contributed by atoms with Gasteiger partial charge in [0.15, 0.2) is 5.89 Å². The van der Waals surface area contributed by atoms with E-state index in [2.05, 4.69) is 26.2 Å². The van der Waals surface area contributed by atoms with Crippen LogP contribution >= 0.6 is 15.9 Å². The highest BCUT2D eigenvalue weighted by atomic mass is 79.9. The minimum Gasteiger partial charge on any atom is -0.436 e. The van der Waals surface area contributed by atoms with Crippen molar-refractivity contribution in [2.24, 2.45) is 0 Å². The average Bonchev–Trinajstić information content (AvgIpc) is 2.70. The molecule has 96 valence electrons. The van der Waals surface area contributed by atoms with Gasteiger partial charge in [-0.3, -0.25) is 4.79 Å². The van der Waals surface area contributed by atoms with E-state index in [1.807, 2.05) is 6.07 Å². The fourth-order valence-corrected chi connectivity index (χ4v) is 2.00. The summed E-state index contributed by atoms with van der Waals surface area (Å²) in [4.78, 5) is 16.1. The molecule has 2 aromatic rings. The number of anilines is 1. The van der Waals surface area contributed by atoms with E-state index in [4.69, 9.17) is 9.68 Å². The van der Waals surface area contributed by atoms with Gasteiger partial charge in [0.25, 0.3) is 5.91 Å². The van der Waals surface area contributed by atoms with E-state index >= 15 is 0 Å². The van der Waals surface area contributed by atoms with Gasteiger partial charge in [-0.05, 0) is 25.1 Å². The Kier molecular flexibility index (Phi) is 3.67. The van der Waals surface area contributed by atoms with Crippen molar-refractivity contribution < 1.29 is 9.21 Å². The standard InChI is InChI=1S/C13H10BrN3O2/c1-7-12(19-8(2)16-7)13(18)17-11-4-3-10(14)5-9(11)6-15/h3-5H,1-2H3,(H,17,18). The van der Waals surface area contributed by atoms with Gasteiger partial charge in [-0.25, -0.2) is 4.98 Å². The topological polar surface area (TPSA) is 78.9 Å². The van der Waals surface area contributed by atoms with Crippen LogP contribution in [-0.2, 0) is 0 Å². The number of halogens is 1. The summed E-state index contributed by atoms with van der Waals surface area (Å²) in [6.45, 7) is 3.36. The van der Waals surface area contributed by atoms with E-state index < -0.39 is 5.91 Å². The number of rotatable bonds is 2. The minimum absolute atomic E-state index is 0.157. The maximum Gasteiger partial charge on any atom is 0.293 e. The van der Waals surface area contributed by atoms with E-state index in [0.29, 0.717) is 22.8 Å². The van der Waals surface area contributed by atoms with E-state index in [9.17, 15) is 4.79 Å². The first-order chi connectivity index (χ1) is 9.01. The van der Waals surface area contributed by atoms with Gasteiger partial charge in [0.2, 0.25) is 5.76 Å². The summed E-state index contributed by atoms with van der Waals surface area (Å²) in [7, 11) is 0. The van der Waals surface area contributed by atoms with Gasteiger partial charge in [-0.1, -0.05) is 15.9 Å². The summed E-state index contributed by atoms with van der Waals surface area (Å²) in [5.74, 6) is 0.167. The smallest absolute Gasteiger partial charge is 0.293 e. The lowest BCUT2D eigenvalue weighted by Gasteiger charge is -2.05. The molecule has 0 aliphatic heterocycles. The fraction of sp³-hybridized carbons (Fsp3) is 0.154. The highest BCUT2D eigenvalue weighted by Gasteiger charge is 2.17. The molecule has 6 heteroatoms. The van der Waals surface area contributed by atoms with Crippen LogP contribution in [-0.4, -0.2) is 10.9 Å². The first-order valence-corrected chi connectivity index (χ1v) is 6.25. The summed E-state index contributed by atoms with van der Waals surface area (Å²) in [6, 6.07) is 7.05. The van der Waals surface area contributed by atoms with Gasteiger partial charge >= 0.3 is 0 Å². The number of amides is 1. The molecule has 0 saturated heterocycles. The Morgan fingerprint density at radius 3 is 2.79 bits per heavy atom. The molecule has 0 radical (unpaired) electrons. The first-order valence-electron chi connectivity index (χ1n) is 5.46. The van der Waals surface area contributed by atoms with Crippen molar-refractivity contribution in [2.45, 2.75) is 13.8 Å². The van der Waals surface area contributed by atoms with Crippen LogP contribution < -0.4 is 5.32 Å². The van der Waals surface area contributed by atoms with Crippen LogP contribution in [0.3, 0.4) is 0 Å². The lowest BCUT2D eigenvalue weighted by Crippen LogP contribution is -2.13. The number of carbonyl (C=O) groups is 1. The Morgan fingerprint density at radius 1 is 1.47 bits per heavy atom. The number of nitrogens with zero attached hydrogens (tertiary/aromatic N) is 2. The average molecular weight is 320 g/mol. The van der Waals surface area contributed by atoms with Gasteiger partial charge in [0.05, 0.1) is 16.9 Å². The number of benzene rings is 1. The first kappa shape index (κ1) is 13.3. The molecule has 1 aromatic carbocycles. The minimum atomic E-state index is -0.420. The summed E-state index contributed by atoms with van der Waals surface area (Å²) in [5.41, 5.74) is 1.33. The molecule has 19 heavy (non-hydrogen) atoms. The Bertz CT molecular complexity index is 686. The Balaban J connectivity index is 2.29. The van der Waals surface area contributed by atoms with Crippen LogP contribution in [0.25, 0.3) is 0 Å². The Morgan fingerprint density at radius 2 is 2.21 bits per heavy atom. The molecule has 1 heterocycles. The van der Waals surface area contributed by atoms with Crippen LogP contribution in [0.15, 0.2) is 27.1 Å². The molecule has 0 spiro atoms. The van der Waals surface area contributed by atoms with Crippen LogP contribution in [0, 0.1) is 25.2 Å². The third-order valence-electron chi connectivity index (χ3n) is 2.46. The summed E-state index contributed by atoms with van der Waals surface area (Å²) in [6.07, 6.45) is 0. The number of hydrogen-bond acceptors (Lipinski definition) is 4. The van der Waals surface area contributed by atoms with E-state index in [1.54, 1.807) is 32.0 Å². The van der Waals surface area contributed by atoms with Crippen molar-refractivity contribution in [2.75, 3.05) is 5.32 Å². The molecule has 0 fully saturated rings. The van der Waals surface area contributed by atoms with Gasteiger partial charge in [-0.2, -0.15) is 5.26 Å². The lowest BCUT2D eigenvalue weighted by molar-refractivity contribution is 0.0994. The van der Waals surface area contributed by atoms with Crippen LogP contribution in [0.1, 0.15) is 27.7 Å². The van der Waals surface area contributed by atoms with Gasteiger partial charge in [0, 0.05) is 11.4 Å². The molecule has 0 aliphatic rings. The van der Waals surface area contributed by atoms with Crippen molar-refractivity contribution in [1.82, 2.24) is 4.98 Å². The van der Waals surface area contributed by atoms with Gasteiger partial charge in [0.1, 0.15) is 6.07 Å². The highest BCUT2D eigenvalue weighted by molar-refractivity contribution is 9.10. The molecule has 1 aromatic heterocycles. The number of nitriles is 1. The van der Waals surface area contributed by atoms with Crippen molar-refractivity contribution in [3.63, 3.8) is 0 Å². The van der Waals surface area contributed by atoms with Crippen LogP contribution in [0.2, 0.25) is 0 Å². The number of hydrogen-bond donors (Lipinski definition) is 1. The zero-order valence-electron chi connectivity index (χ0n) is 10.3. The lowest BCUT2D eigenvalue weighted by atomic mass is 10.2. The van der Waals surface area contributed by atoms with Gasteiger partial charge in [-0.15, -0.1) is 0 Å². The zero-order valence-corrected chi connectivity index (χ0v) is 11.9. The molecule has 0 bridgehead atoms. The van der Waals surface area contributed by atoms with E-state index in [1.165, 1.54) is 0 Å². The number of oxazole rings is 1. The fourth-order valence-electron chi connectivity index (χ4n) is 1.64. The Hall–Kier alpha value is -2.13. The van der Waals surface area contributed by atoms with Crippen molar-refractivity contribution in [3.05, 3.63) is 45.6 Å². The molecule has 5 nitrogen and oxygen atoms in total. The second kappa shape index (κ2) is 5.24. The van der Waals surface area contributed by atoms with Crippen molar-refractivity contribution in [1.29, 1.82) is 5.26 Å². The number of nitrogens with one attached hydrogen (secondary N) is 1. The maximum absolute atomic E-state index is 12.0. The molecule has 2 rings (SSSR count). The summed E-state index contributed by atoms with van der Waals surface area (Å²) >= 11 is 3.27. The highest BCUT2D eigenvalue weighted by Crippen LogP contribution is 2.21. The number of aryl methyl sites for hydroxylation is 2. The predicted molar refractivity (Wildman–Crippen MR) is 72.8 cm³/mol. The van der Waals surface area contributed by atoms with Crippen LogP contribution in [0.5, 0.6) is 0 Å². The van der Waals surface area contributed by atoms with Crippen molar-refractivity contribution in [3.8, 4) is 6.07 Å². The van der Waals surface area contributed by atoms with Gasteiger partial charge < -0.3 is 9.73 Å². The SMILES string of the molecule is Cc1nc(C)c(C(=O)Nc2ccc(Br)cc2C#N)o1. The van der Waals surface area contributed by atoms with E-state index in [0.717, 1.165) is 4.47 Å². The molecule has 1 N–H and O–H groups in total. The zero-order chi connectivity index (χ0) is 14.0. The number of carbonyl (C=O) groups excluding carboxylic acids is 1. The van der Waals surface area contributed by atoms with Crippen molar-refractivity contribution >= 4 is 27.5 Å². The second-order valence-electron chi connectivity index (χ2n) is 3.90. The molecule has 0 aliphatic carbocycles.